The summed E-state index contributed by atoms with van der Waals surface area (Å²) in [5, 5.41) is 6.88. The minimum Gasteiger partial charge on any atom is -0.349 e. The Balaban J connectivity index is 1.85. The van der Waals surface area contributed by atoms with E-state index in [1.54, 1.807) is 36.2 Å². The molecule has 2 heterocycles. The number of hydrogen-bond acceptors (Lipinski definition) is 4. The van der Waals surface area contributed by atoms with Crippen LogP contribution in [-0.4, -0.2) is 40.7 Å². The maximum atomic E-state index is 14.1. The van der Waals surface area contributed by atoms with Gasteiger partial charge in [-0.05, 0) is 18.6 Å². The molecular formula is C17H21F2N5O. The predicted octanol–water partition coefficient (Wildman–Crippen LogP) is 2.24. The smallest absolute Gasteiger partial charge is 0.266 e. The number of alkyl halides is 2. The number of carbonyl (C=O) groups excluding carboxylic acids is 1. The van der Waals surface area contributed by atoms with Gasteiger partial charge in [-0.1, -0.05) is 18.2 Å². The summed E-state index contributed by atoms with van der Waals surface area (Å²) in [6.07, 6.45) is 1.58. The van der Waals surface area contributed by atoms with Crippen LogP contribution in [0.5, 0.6) is 0 Å². The van der Waals surface area contributed by atoms with Crippen molar-refractivity contribution < 1.29 is 13.6 Å². The zero-order valence-electron chi connectivity index (χ0n) is 14.0. The van der Waals surface area contributed by atoms with E-state index in [-0.39, 0.29) is 12.3 Å². The van der Waals surface area contributed by atoms with Crippen LogP contribution in [0.15, 0.2) is 36.5 Å². The Morgan fingerprint density at radius 3 is 2.80 bits per heavy atom. The summed E-state index contributed by atoms with van der Waals surface area (Å²) in [5.74, 6) is -2.74. The first-order chi connectivity index (χ1) is 11.9. The number of aromatic nitrogens is 2. The van der Waals surface area contributed by atoms with Crippen LogP contribution in [-0.2, 0) is 7.05 Å². The zero-order chi connectivity index (χ0) is 18.0. The molecule has 0 spiro atoms. The Morgan fingerprint density at radius 1 is 1.36 bits per heavy atom. The Morgan fingerprint density at radius 2 is 2.08 bits per heavy atom. The van der Waals surface area contributed by atoms with Crippen LogP contribution in [0.3, 0.4) is 0 Å². The second-order valence-electron chi connectivity index (χ2n) is 6.36. The highest BCUT2D eigenvalue weighted by Crippen LogP contribution is 2.32. The summed E-state index contributed by atoms with van der Waals surface area (Å²) in [6, 6.07) is 8.16. The van der Waals surface area contributed by atoms with Crippen molar-refractivity contribution in [3.05, 3.63) is 42.1 Å². The van der Waals surface area contributed by atoms with Crippen molar-refractivity contribution in [3.63, 3.8) is 0 Å². The molecule has 1 aromatic carbocycles. The van der Waals surface area contributed by atoms with Gasteiger partial charge in [-0.25, -0.2) is 8.78 Å². The number of hydrogen-bond donors (Lipinski definition) is 2. The quantitative estimate of drug-likeness (QED) is 0.891. The molecule has 0 saturated carbocycles. The van der Waals surface area contributed by atoms with E-state index in [0.717, 1.165) is 0 Å². The number of nitrogens with zero attached hydrogens (tertiary/aromatic N) is 3. The van der Waals surface area contributed by atoms with Crippen LogP contribution >= 0.6 is 0 Å². The van der Waals surface area contributed by atoms with Crippen LogP contribution in [0, 0.1) is 0 Å². The SMILES string of the molecule is Cn1ncc(NC(=O)c2ccccc2)c1N1CC[C@H](N)CC(F)(F)C1. The van der Waals surface area contributed by atoms with Crippen molar-refractivity contribution in [1.82, 2.24) is 9.78 Å². The highest BCUT2D eigenvalue weighted by atomic mass is 19.3. The Bertz CT molecular complexity index is 747. The number of aryl methyl sites for hydroxylation is 1. The molecule has 0 aliphatic carbocycles. The van der Waals surface area contributed by atoms with Crippen LogP contribution in [0.25, 0.3) is 0 Å². The predicted molar refractivity (Wildman–Crippen MR) is 92.0 cm³/mol. The van der Waals surface area contributed by atoms with Gasteiger partial charge in [0.1, 0.15) is 5.69 Å². The van der Waals surface area contributed by atoms with E-state index >= 15 is 0 Å². The highest BCUT2D eigenvalue weighted by molar-refractivity contribution is 6.05. The maximum Gasteiger partial charge on any atom is 0.266 e. The number of halogens is 2. The lowest BCUT2D eigenvalue weighted by atomic mass is 10.1. The number of rotatable bonds is 3. The molecule has 3 N–H and O–H groups in total. The number of amides is 1. The lowest BCUT2D eigenvalue weighted by molar-refractivity contribution is -0.000525. The van der Waals surface area contributed by atoms with Crippen molar-refractivity contribution in [3.8, 4) is 0 Å². The topological polar surface area (TPSA) is 76.2 Å². The van der Waals surface area contributed by atoms with Gasteiger partial charge in [0.05, 0.1) is 12.7 Å². The summed E-state index contributed by atoms with van der Waals surface area (Å²) in [5.41, 5.74) is 6.65. The lowest BCUT2D eigenvalue weighted by Gasteiger charge is -2.26. The molecule has 0 unspecified atom stereocenters. The second-order valence-corrected chi connectivity index (χ2v) is 6.36. The lowest BCUT2D eigenvalue weighted by Crippen LogP contribution is -2.37. The van der Waals surface area contributed by atoms with E-state index in [4.69, 9.17) is 5.73 Å². The number of benzene rings is 1. The standard InChI is InChI=1S/C17H21F2N5O/c1-23-16(24-8-7-13(20)9-17(18,19)11-24)14(10-21-23)22-15(25)12-5-3-2-4-6-12/h2-6,10,13H,7-9,11,20H2,1H3,(H,22,25)/t13-/m0/s1. The Kier molecular flexibility index (Phi) is 4.71. The Labute approximate surface area is 144 Å². The van der Waals surface area contributed by atoms with E-state index in [1.807, 2.05) is 6.07 Å². The maximum absolute atomic E-state index is 14.1. The van der Waals surface area contributed by atoms with Crippen molar-refractivity contribution in [1.29, 1.82) is 0 Å². The van der Waals surface area contributed by atoms with Gasteiger partial charge in [-0.3, -0.25) is 9.48 Å². The fraction of sp³-hybridized carbons (Fsp3) is 0.412. The molecule has 25 heavy (non-hydrogen) atoms. The largest absolute Gasteiger partial charge is 0.349 e. The van der Waals surface area contributed by atoms with E-state index in [2.05, 4.69) is 10.4 Å². The molecule has 1 aliphatic rings. The first-order valence-electron chi connectivity index (χ1n) is 8.12. The van der Waals surface area contributed by atoms with E-state index in [1.165, 1.54) is 10.9 Å². The molecule has 1 aliphatic heterocycles. The average Bonchev–Trinajstić information content (AvgIpc) is 2.85. The third-order valence-corrected chi connectivity index (χ3v) is 4.24. The van der Waals surface area contributed by atoms with Gasteiger partial charge in [0.2, 0.25) is 0 Å². The minimum atomic E-state index is -2.89. The van der Waals surface area contributed by atoms with Crippen LogP contribution < -0.4 is 16.0 Å². The summed E-state index contributed by atoms with van der Waals surface area (Å²) in [4.78, 5) is 13.9. The molecule has 134 valence electrons. The number of anilines is 2. The van der Waals surface area contributed by atoms with Gasteiger partial charge in [-0.15, -0.1) is 0 Å². The van der Waals surface area contributed by atoms with E-state index in [0.29, 0.717) is 30.0 Å². The normalized spacial score (nSPS) is 20.2. The molecule has 1 saturated heterocycles. The van der Waals surface area contributed by atoms with Gasteiger partial charge < -0.3 is 16.0 Å². The molecule has 8 heteroatoms. The molecule has 1 fully saturated rings. The molecule has 2 aromatic rings. The highest BCUT2D eigenvalue weighted by Gasteiger charge is 2.38. The molecular weight excluding hydrogens is 328 g/mol. The summed E-state index contributed by atoms with van der Waals surface area (Å²) in [7, 11) is 1.66. The molecule has 1 atom stereocenters. The Hall–Kier alpha value is -2.48. The summed E-state index contributed by atoms with van der Waals surface area (Å²) < 4.78 is 29.7. The van der Waals surface area contributed by atoms with Crippen LogP contribution in [0.2, 0.25) is 0 Å². The zero-order valence-corrected chi connectivity index (χ0v) is 14.0. The average molecular weight is 349 g/mol. The third-order valence-electron chi connectivity index (χ3n) is 4.24. The number of nitrogens with one attached hydrogen (secondary N) is 1. The first kappa shape index (κ1) is 17.3. The number of nitrogens with two attached hydrogens (primary N) is 1. The van der Waals surface area contributed by atoms with Gasteiger partial charge in [0.25, 0.3) is 11.8 Å². The van der Waals surface area contributed by atoms with Crippen LogP contribution in [0.4, 0.5) is 20.3 Å². The van der Waals surface area contributed by atoms with Gasteiger partial charge in [0.15, 0.2) is 5.82 Å². The molecule has 3 rings (SSSR count). The van der Waals surface area contributed by atoms with Gasteiger partial charge in [-0.2, -0.15) is 5.10 Å². The van der Waals surface area contributed by atoms with Crippen molar-refractivity contribution in [2.45, 2.75) is 24.8 Å². The first-order valence-corrected chi connectivity index (χ1v) is 8.12. The van der Waals surface area contributed by atoms with Gasteiger partial charge in [0, 0.05) is 31.6 Å². The van der Waals surface area contributed by atoms with Crippen molar-refractivity contribution >= 4 is 17.4 Å². The molecule has 0 radical (unpaired) electrons. The van der Waals surface area contributed by atoms with Crippen molar-refractivity contribution in [2.24, 2.45) is 12.8 Å². The van der Waals surface area contributed by atoms with Crippen LogP contribution in [0.1, 0.15) is 23.2 Å². The van der Waals surface area contributed by atoms with Crippen molar-refractivity contribution in [2.75, 3.05) is 23.3 Å². The molecule has 1 amide bonds. The fourth-order valence-electron chi connectivity index (χ4n) is 3.09. The minimum absolute atomic E-state index is 0.312. The summed E-state index contributed by atoms with van der Waals surface area (Å²) in [6.45, 7) is -0.0705. The van der Waals surface area contributed by atoms with Gasteiger partial charge >= 0.3 is 0 Å². The molecule has 6 nitrogen and oxygen atoms in total. The summed E-state index contributed by atoms with van der Waals surface area (Å²) >= 11 is 0. The monoisotopic (exact) mass is 349 g/mol. The number of carbonyl (C=O) groups is 1. The fourth-order valence-corrected chi connectivity index (χ4v) is 3.09. The second kappa shape index (κ2) is 6.79. The van der Waals surface area contributed by atoms with E-state index < -0.39 is 18.5 Å². The molecule has 1 aromatic heterocycles. The third kappa shape index (κ3) is 3.96. The van der Waals surface area contributed by atoms with E-state index in [9.17, 15) is 13.6 Å². The molecule has 0 bridgehead atoms.